The zero-order valence-electron chi connectivity index (χ0n) is 6.82. The fourth-order valence-corrected chi connectivity index (χ4v) is 0.652. The van der Waals surface area contributed by atoms with Crippen molar-refractivity contribution in [1.29, 1.82) is 0 Å². The number of rotatable bonds is 7. The van der Waals surface area contributed by atoms with E-state index < -0.39 is 0 Å². The molecule has 0 bridgehead atoms. The van der Waals surface area contributed by atoms with Crippen LogP contribution in [0, 0.1) is 0 Å². The Kier molecular flexibility index (Phi) is 7.83. The molecule has 0 amide bonds. The van der Waals surface area contributed by atoms with Crippen molar-refractivity contribution in [3.8, 4) is 0 Å². The van der Waals surface area contributed by atoms with Crippen LogP contribution in [0.15, 0.2) is 0 Å². The number of hydrogen-bond acceptors (Lipinski definition) is 4. The van der Waals surface area contributed by atoms with Gasteiger partial charge in [-0.3, -0.25) is 0 Å². The molecule has 0 atom stereocenters. The van der Waals surface area contributed by atoms with Crippen molar-refractivity contribution < 1.29 is 19.7 Å². The van der Waals surface area contributed by atoms with Crippen LogP contribution in [0.1, 0.15) is 13.3 Å². The lowest BCUT2D eigenvalue weighted by Gasteiger charge is -2.15. The quantitative estimate of drug-likeness (QED) is 0.509. The molecule has 0 spiro atoms. The van der Waals surface area contributed by atoms with Crippen molar-refractivity contribution in [2.45, 2.75) is 19.6 Å². The van der Waals surface area contributed by atoms with Crippen LogP contribution < -0.4 is 0 Å². The molecule has 0 aliphatic carbocycles. The molecule has 0 aliphatic rings. The average molecular weight is 164 g/mol. The molecule has 4 heteroatoms. The van der Waals surface area contributed by atoms with Crippen LogP contribution in [-0.4, -0.2) is 42.9 Å². The van der Waals surface area contributed by atoms with E-state index in [-0.39, 0.29) is 32.7 Å². The molecule has 0 fully saturated rings. The monoisotopic (exact) mass is 164 g/mol. The summed E-state index contributed by atoms with van der Waals surface area (Å²) in [6.07, 6.45) is 0.425. The Morgan fingerprint density at radius 2 is 1.55 bits per heavy atom. The normalized spacial score (nSPS) is 10.9. The zero-order chi connectivity index (χ0) is 8.53. The second-order valence-electron chi connectivity index (χ2n) is 2.03. The highest BCUT2D eigenvalue weighted by molar-refractivity contribution is 4.39. The Morgan fingerprint density at radius 3 is 1.82 bits per heavy atom. The Hall–Kier alpha value is -0.160. The van der Waals surface area contributed by atoms with Gasteiger partial charge in [0.05, 0.1) is 26.4 Å². The van der Waals surface area contributed by atoms with Crippen LogP contribution in [0.25, 0.3) is 0 Å². The van der Waals surface area contributed by atoms with Crippen molar-refractivity contribution in [3.63, 3.8) is 0 Å². The Bertz CT molecular complexity index is 68.8. The first kappa shape index (κ1) is 10.8. The van der Waals surface area contributed by atoms with Crippen LogP contribution in [-0.2, 0) is 9.47 Å². The first-order chi connectivity index (χ1) is 5.35. The molecule has 0 saturated heterocycles. The van der Waals surface area contributed by atoms with E-state index in [1.54, 1.807) is 0 Å². The summed E-state index contributed by atoms with van der Waals surface area (Å²) < 4.78 is 10.1. The minimum absolute atomic E-state index is 0.00101. The molecular weight excluding hydrogens is 148 g/mol. The van der Waals surface area contributed by atoms with Gasteiger partial charge in [0.15, 0.2) is 6.29 Å². The van der Waals surface area contributed by atoms with Crippen LogP contribution in [0.2, 0.25) is 0 Å². The van der Waals surface area contributed by atoms with E-state index in [0.29, 0.717) is 0 Å². The minimum Gasteiger partial charge on any atom is -0.394 e. The van der Waals surface area contributed by atoms with Gasteiger partial charge in [-0.2, -0.15) is 0 Å². The molecule has 0 aliphatic heterocycles. The molecule has 2 N–H and O–H groups in total. The molecule has 0 radical (unpaired) electrons. The van der Waals surface area contributed by atoms with Gasteiger partial charge in [-0.1, -0.05) is 6.92 Å². The predicted octanol–water partition coefficient (Wildman–Crippen LogP) is -0.260. The summed E-state index contributed by atoms with van der Waals surface area (Å²) in [5.74, 6) is 0. The van der Waals surface area contributed by atoms with E-state index in [2.05, 4.69) is 0 Å². The molecule has 0 heterocycles. The van der Waals surface area contributed by atoms with Crippen LogP contribution >= 0.6 is 0 Å². The van der Waals surface area contributed by atoms with Gasteiger partial charge in [0.1, 0.15) is 0 Å². The fraction of sp³-hybridized carbons (Fsp3) is 1.00. The second kappa shape index (κ2) is 7.94. The van der Waals surface area contributed by atoms with Gasteiger partial charge in [-0.25, -0.2) is 0 Å². The Labute approximate surface area is 66.7 Å². The van der Waals surface area contributed by atoms with E-state index in [0.717, 1.165) is 6.42 Å². The Morgan fingerprint density at radius 1 is 1.09 bits per heavy atom. The maximum Gasteiger partial charge on any atom is 0.157 e. The van der Waals surface area contributed by atoms with Gasteiger partial charge in [0.25, 0.3) is 0 Å². The molecule has 68 valence electrons. The van der Waals surface area contributed by atoms with Crippen LogP contribution in [0.5, 0.6) is 0 Å². The highest BCUT2D eigenvalue weighted by atomic mass is 16.7. The lowest BCUT2D eigenvalue weighted by Crippen LogP contribution is -2.19. The van der Waals surface area contributed by atoms with Gasteiger partial charge >= 0.3 is 0 Å². The fourth-order valence-electron chi connectivity index (χ4n) is 0.652. The van der Waals surface area contributed by atoms with E-state index in [4.69, 9.17) is 19.7 Å². The summed E-state index contributed by atoms with van der Waals surface area (Å²) in [6.45, 7) is 2.48. The molecule has 11 heavy (non-hydrogen) atoms. The van der Waals surface area contributed by atoms with Gasteiger partial charge in [0, 0.05) is 0 Å². The summed E-state index contributed by atoms with van der Waals surface area (Å²) in [5, 5.41) is 16.8. The third-order valence-corrected chi connectivity index (χ3v) is 1.12. The first-order valence-corrected chi connectivity index (χ1v) is 3.80. The second-order valence-corrected chi connectivity index (χ2v) is 2.03. The molecule has 0 rings (SSSR count). The van der Waals surface area contributed by atoms with Gasteiger partial charge in [-0.15, -0.1) is 0 Å². The lowest BCUT2D eigenvalue weighted by atomic mass is 10.5. The maximum absolute atomic E-state index is 8.41. The summed E-state index contributed by atoms with van der Waals surface area (Å²) in [4.78, 5) is 0. The van der Waals surface area contributed by atoms with Crippen molar-refractivity contribution in [1.82, 2.24) is 0 Å². The molecule has 4 nitrogen and oxygen atoms in total. The number of ether oxygens (including phenoxy) is 2. The summed E-state index contributed by atoms with van der Waals surface area (Å²) in [6, 6.07) is 0. The third kappa shape index (κ3) is 6.25. The van der Waals surface area contributed by atoms with Crippen molar-refractivity contribution in [2.24, 2.45) is 0 Å². The first-order valence-electron chi connectivity index (χ1n) is 3.80. The predicted molar refractivity (Wildman–Crippen MR) is 40.2 cm³/mol. The number of aliphatic hydroxyl groups excluding tert-OH is 2. The number of aliphatic hydroxyl groups is 2. The average Bonchev–Trinajstić information content (AvgIpc) is 2.05. The van der Waals surface area contributed by atoms with Crippen LogP contribution in [0.4, 0.5) is 0 Å². The van der Waals surface area contributed by atoms with E-state index in [9.17, 15) is 0 Å². The number of hydrogen-bond donors (Lipinski definition) is 2. The maximum atomic E-state index is 8.41. The zero-order valence-corrected chi connectivity index (χ0v) is 6.82. The summed E-state index contributed by atoms with van der Waals surface area (Å²) in [7, 11) is 0. The molecule has 0 aromatic rings. The molecule has 0 saturated carbocycles. The summed E-state index contributed by atoms with van der Waals surface area (Å²) >= 11 is 0. The van der Waals surface area contributed by atoms with Gasteiger partial charge in [-0.05, 0) is 6.42 Å². The van der Waals surface area contributed by atoms with Gasteiger partial charge in [0.2, 0.25) is 0 Å². The molecule has 0 aromatic carbocycles. The molecular formula is C7H16O4. The standard InChI is InChI=1S/C7H16O4/c1-2-7(10-5-3-8)11-6-4-9/h7-9H,2-6H2,1H3. The smallest absolute Gasteiger partial charge is 0.157 e. The van der Waals surface area contributed by atoms with Crippen LogP contribution in [0.3, 0.4) is 0 Å². The van der Waals surface area contributed by atoms with Crippen molar-refractivity contribution >= 4 is 0 Å². The van der Waals surface area contributed by atoms with E-state index in [1.165, 1.54) is 0 Å². The SMILES string of the molecule is CCC(OCCO)OCCO. The van der Waals surface area contributed by atoms with E-state index in [1.807, 2.05) is 6.92 Å². The molecule has 0 aromatic heterocycles. The minimum atomic E-state index is -0.297. The largest absolute Gasteiger partial charge is 0.394 e. The molecule has 0 unspecified atom stereocenters. The summed E-state index contributed by atoms with van der Waals surface area (Å²) in [5.41, 5.74) is 0. The highest BCUT2D eigenvalue weighted by Crippen LogP contribution is 1.98. The third-order valence-electron chi connectivity index (χ3n) is 1.12. The lowest BCUT2D eigenvalue weighted by molar-refractivity contribution is -0.153. The van der Waals surface area contributed by atoms with E-state index >= 15 is 0 Å². The topological polar surface area (TPSA) is 58.9 Å². The van der Waals surface area contributed by atoms with Gasteiger partial charge < -0.3 is 19.7 Å². The van der Waals surface area contributed by atoms with Crippen molar-refractivity contribution in [2.75, 3.05) is 26.4 Å². The van der Waals surface area contributed by atoms with Crippen molar-refractivity contribution in [3.05, 3.63) is 0 Å². The Balaban J connectivity index is 3.25. The highest BCUT2D eigenvalue weighted by Gasteiger charge is 2.04.